The first-order chi connectivity index (χ1) is 16.7. The summed E-state index contributed by atoms with van der Waals surface area (Å²) in [4.78, 5) is 14.0. The Morgan fingerprint density at radius 2 is 1.54 bits per heavy atom. The summed E-state index contributed by atoms with van der Waals surface area (Å²) in [6, 6.07) is 20.2. The van der Waals surface area contributed by atoms with Crippen LogP contribution in [0.4, 0.5) is 11.4 Å². The molecule has 186 valence electrons. The zero-order chi connectivity index (χ0) is 25.4. The summed E-state index contributed by atoms with van der Waals surface area (Å²) in [5.41, 5.74) is 0.901. The first kappa shape index (κ1) is 26.4. The number of ether oxygens (including phenoxy) is 2. The lowest BCUT2D eigenvalue weighted by Crippen LogP contribution is -2.38. The number of rotatable bonds is 11. The first-order valence-corrected chi connectivity index (χ1v) is 13.9. The van der Waals surface area contributed by atoms with E-state index in [1.54, 1.807) is 72.8 Å². The number of nitrogens with one attached hydrogen (secondary N) is 1. The minimum absolute atomic E-state index is 0.0355. The van der Waals surface area contributed by atoms with Crippen molar-refractivity contribution < 1.29 is 22.7 Å². The van der Waals surface area contributed by atoms with Crippen molar-refractivity contribution in [3.63, 3.8) is 0 Å². The molecule has 0 bridgehead atoms. The molecular weight excluding hydrogens is 484 g/mol. The average molecular weight is 515 g/mol. The molecule has 3 aromatic carbocycles. The van der Waals surface area contributed by atoms with Crippen LogP contribution in [0.2, 0.25) is 0 Å². The fourth-order valence-corrected chi connectivity index (χ4v) is 5.11. The van der Waals surface area contributed by atoms with Gasteiger partial charge in [-0.3, -0.25) is 9.10 Å². The number of amides is 1. The van der Waals surface area contributed by atoms with Crippen molar-refractivity contribution in [2.24, 2.45) is 0 Å². The quantitative estimate of drug-likeness (QED) is 0.344. The second-order valence-electron chi connectivity index (χ2n) is 7.85. The molecule has 0 saturated heterocycles. The van der Waals surface area contributed by atoms with Gasteiger partial charge in [-0.25, -0.2) is 8.42 Å². The van der Waals surface area contributed by atoms with Gasteiger partial charge in [-0.2, -0.15) is 0 Å². The van der Waals surface area contributed by atoms with Crippen molar-refractivity contribution in [2.45, 2.75) is 36.7 Å². The normalized spacial score (nSPS) is 11.2. The monoisotopic (exact) mass is 514 g/mol. The molecular formula is C26H30N2O5S2. The maximum Gasteiger partial charge on any atom is 0.264 e. The highest BCUT2D eigenvalue weighted by Gasteiger charge is 2.27. The van der Waals surface area contributed by atoms with Gasteiger partial charge in [0.1, 0.15) is 18.0 Å². The van der Waals surface area contributed by atoms with Crippen molar-refractivity contribution in [2.75, 3.05) is 29.0 Å². The molecule has 0 aliphatic carbocycles. The second kappa shape index (κ2) is 12.0. The van der Waals surface area contributed by atoms with E-state index >= 15 is 0 Å². The highest BCUT2D eigenvalue weighted by atomic mass is 32.2. The summed E-state index contributed by atoms with van der Waals surface area (Å²) in [6.07, 6.45) is 1.95. The molecule has 0 unspecified atom stereocenters. The average Bonchev–Trinajstić information content (AvgIpc) is 2.84. The van der Waals surface area contributed by atoms with Gasteiger partial charge in [0.25, 0.3) is 10.0 Å². The Kier molecular flexibility index (Phi) is 9.06. The van der Waals surface area contributed by atoms with Crippen molar-refractivity contribution in [3.8, 4) is 11.5 Å². The maximum atomic E-state index is 13.6. The van der Waals surface area contributed by atoms with Gasteiger partial charge >= 0.3 is 0 Å². The third kappa shape index (κ3) is 7.16. The fraction of sp³-hybridized carbons (Fsp3) is 0.269. The number of nitrogens with zero attached hydrogens (tertiary/aromatic N) is 1. The highest BCUT2D eigenvalue weighted by molar-refractivity contribution is 7.98. The Labute approximate surface area is 211 Å². The van der Waals surface area contributed by atoms with Crippen LogP contribution in [0.15, 0.2) is 82.6 Å². The molecule has 35 heavy (non-hydrogen) atoms. The molecule has 3 rings (SSSR count). The summed E-state index contributed by atoms with van der Waals surface area (Å²) in [6.45, 7) is 5.83. The molecule has 0 aliphatic rings. The van der Waals surface area contributed by atoms with Crippen LogP contribution >= 0.6 is 11.8 Å². The molecule has 1 N–H and O–H groups in total. The zero-order valence-corrected chi connectivity index (χ0v) is 21.9. The Bertz CT molecular complexity index is 1210. The zero-order valence-electron chi connectivity index (χ0n) is 20.2. The van der Waals surface area contributed by atoms with Crippen molar-refractivity contribution in [1.82, 2.24) is 0 Å². The summed E-state index contributed by atoms with van der Waals surface area (Å²) in [7, 11) is -4.01. The number of sulfonamides is 1. The number of anilines is 2. The number of hydrogen-bond donors (Lipinski definition) is 1. The van der Waals surface area contributed by atoms with Gasteiger partial charge in [-0.05, 0) is 99.8 Å². The van der Waals surface area contributed by atoms with Crippen molar-refractivity contribution >= 4 is 39.1 Å². The van der Waals surface area contributed by atoms with Gasteiger partial charge in [-0.1, -0.05) is 0 Å². The van der Waals surface area contributed by atoms with Crippen LogP contribution in [0.3, 0.4) is 0 Å². The van der Waals surface area contributed by atoms with Gasteiger partial charge in [0.05, 0.1) is 23.3 Å². The standard InChI is InChI=1S/C26H30N2O5S2/c1-5-32-22-12-8-21(9-13-22)28(35(30,31)25-16-14-24(34-4)15-17-25)18-26(29)27-20-6-10-23(11-7-20)33-19(2)3/h6-17,19H,5,18H2,1-4H3,(H,27,29). The predicted octanol–water partition coefficient (Wildman–Crippen LogP) is 5.43. The molecule has 0 atom stereocenters. The van der Waals surface area contributed by atoms with E-state index in [1.807, 2.05) is 27.0 Å². The van der Waals surface area contributed by atoms with E-state index in [0.29, 0.717) is 29.5 Å². The van der Waals surface area contributed by atoms with Gasteiger partial charge < -0.3 is 14.8 Å². The van der Waals surface area contributed by atoms with E-state index < -0.39 is 22.5 Å². The Morgan fingerprint density at radius 3 is 2.09 bits per heavy atom. The number of thioether (sulfide) groups is 1. The lowest BCUT2D eigenvalue weighted by atomic mass is 10.3. The predicted molar refractivity (Wildman–Crippen MR) is 141 cm³/mol. The van der Waals surface area contributed by atoms with Gasteiger partial charge in [-0.15, -0.1) is 11.8 Å². The van der Waals surface area contributed by atoms with Crippen LogP contribution in [0.25, 0.3) is 0 Å². The summed E-state index contributed by atoms with van der Waals surface area (Å²) < 4.78 is 39.3. The van der Waals surface area contributed by atoms with Gasteiger partial charge in [0.2, 0.25) is 5.91 Å². The second-order valence-corrected chi connectivity index (χ2v) is 10.6. The van der Waals surface area contributed by atoms with Crippen LogP contribution in [0.1, 0.15) is 20.8 Å². The van der Waals surface area contributed by atoms with Crippen LogP contribution in [0.5, 0.6) is 11.5 Å². The lowest BCUT2D eigenvalue weighted by molar-refractivity contribution is -0.114. The molecule has 3 aromatic rings. The SMILES string of the molecule is CCOc1ccc(N(CC(=O)Nc2ccc(OC(C)C)cc2)S(=O)(=O)c2ccc(SC)cc2)cc1. The van der Waals surface area contributed by atoms with Gasteiger partial charge in [0.15, 0.2) is 0 Å². The van der Waals surface area contributed by atoms with Crippen LogP contribution in [0, 0.1) is 0 Å². The molecule has 0 fully saturated rings. The number of benzene rings is 3. The molecule has 0 saturated carbocycles. The minimum atomic E-state index is -4.01. The molecule has 0 aromatic heterocycles. The van der Waals surface area contributed by atoms with Crippen LogP contribution in [-0.4, -0.2) is 39.8 Å². The topological polar surface area (TPSA) is 84.9 Å². The maximum absolute atomic E-state index is 13.6. The van der Waals surface area contributed by atoms with Gasteiger partial charge in [0, 0.05) is 10.6 Å². The number of carbonyl (C=O) groups excluding carboxylic acids is 1. The lowest BCUT2D eigenvalue weighted by Gasteiger charge is -2.24. The molecule has 1 amide bonds. The highest BCUT2D eigenvalue weighted by Crippen LogP contribution is 2.27. The Balaban J connectivity index is 1.86. The minimum Gasteiger partial charge on any atom is -0.494 e. The van der Waals surface area contributed by atoms with Crippen LogP contribution < -0.4 is 19.1 Å². The molecule has 7 nitrogen and oxygen atoms in total. The van der Waals surface area contributed by atoms with E-state index in [9.17, 15) is 13.2 Å². The van der Waals surface area contributed by atoms with E-state index in [4.69, 9.17) is 9.47 Å². The van der Waals surface area contributed by atoms with E-state index in [1.165, 1.54) is 11.8 Å². The molecule has 0 aliphatic heterocycles. The summed E-state index contributed by atoms with van der Waals surface area (Å²) in [5, 5.41) is 2.77. The Hall–Kier alpha value is -3.17. The smallest absolute Gasteiger partial charge is 0.264 e. The largest absolute Gasteiger partial charge is 0.494 e. The van der Waals surface area contributed by atoms with Crippen molar-refractivity contribution in [1.29, 1.82) is 0 Å². The molecule has 0 radical (unpaired) electrons. The third-order valence-electron chi connectivity index (χ3n) is 4.88. The third-order valence-corrected chi connectivity index (χ3v) is 7.41. The van der Waals surface area contributed by atoms with Crippen molar-refractivity contribution in [3.05, 3.63) is 72.8 Å². The first-order valence-electron chi connectivity index (χ1n) is 11.2. The summed E-state index contributed by atoms with van der Waals surface area (Å²) >= 11 is 1.52. The molecule has 9 heteroatoms. The molecule has 0 heterocycles. The summed E-state index contributed by atoms with van der Waals surface area (Å²) in [5.74, 6) is 0.831. The van der Waals surface area contributed by atoms with Crippen LogP contribution in [-0.2, 0) is 14.8 Å². The number of hydrogen-bond acceptors (Lipinski definition) is 6. The van der Waals surface area contributed by atoms with E-state index in [2.05, 4.69) is 5.32 Å². The van der Waals surface area contributed by atoms with E-state index in [0.717, 1.165) is 9.20 Å². The number of carbonyl (C=O) groups is 1. The fourth-order valence-electron chi connectivity index (χ4n) is 3.29. The molecule has 0 spiro atoms. The Morgan fingerprint density at radius 1 is 0.943 bits per heavy atom. The van der Waals surface area contributed by atoms with E-state index in [-0.39, 0.29) is 11.0 Å².